The average Bonchev–Trinajstić information content (AvgIpc) is 2.36. The fourth-order valence-corrected chi connectivity index (χ4v) is 2.40. The predicted molar refractivity (Wildman–Crippen MR) is 90.4 cm³/mol. The number of hydrogen-bond donors (Lipinski definition) is 1. The van der Waals surface area contributed by atoms with Gasteiger partial charge in [-0.1, -0.05) is 39.8 Å². The Kier molecular flexibility index (Phi) is 6.54. The van der Waals surface area contributed by atoms with Gasteiger partial charge in [0, 0.05) is 25.3 Å². The molecule has 0 aromatic heterocycles. The third kappa shape index (κ3) is 4.82. The van der Waals surface area contributed by atoms with Crippen molar-refractivity contribution in [2.24, 2.45) is 11.8 Å². The molecule has 114 valence electrons. The van der Waals surface area contributed by atoms with Gasteiger partial charge in [0.05, 0.1) is 0 Å². The Morgan fingerprint density at radius 3 is 2.25 bits per heavy atom. The zero-order chi connectivity index (χ0) is 15.3. The van der Waals surface area contributed by atoms with E-state index in [-0.39, 0.29) is 0 Å². The Balaban J connectivity index is 2.72. The first-order valence-corrected chi connectivity index (χ1v) is 7.86. The molecule has 1 aromatic rings. The minimum absolute atomic E-state index is 0.554. The summed E-state index contributed by atoms with van der Waals surface area (Å²) in [5.74, 6) is 1.36. The molecule has 0 aliphatic carbocycles. The summed E-state index contributed by atoms with van der Waals surface area (Å²) in [6, 6.07) is 7.38. The van der Waals surface area contributed by atoms with Gasteiger partial charge in [-0.15, -0.1) is 0 Å². The molecule has 1 unspecified atom stereocenters. The average molecular weight is 276 g/mol. The van der Waals surface area contributed by atoms with Crippen molar-refractivity contribution in [3.05, 3.63) is 29.3 Å². The first-order valence-electron chi connectivity index (χ1n) is 7.86. The highest BCUT2D eigenvalue weighted by molar-refractivity contribution is 5.54. The quantitative estimate of drug-likeness (QED) is 0.802. The molecule has 0 saturated heterocycles. The highest BCUT2D eigenvalue weighted by Crippen LogP contribution is 2.24. The lowest BCUT2D eigenvalue weighted by atomic mass is 10.0. The SMILES string of the molecule is Cc1cc(CNCC(C)C)ccc1N(C)C(C)C(C)C. The Hall–Kier alpha value is -1.02. The van der Waals surface area contributed by atoms with Crippen LogP contribution in [0.5, 0.6) is 0 Å². The van der Waals surface area contributed by atoms with Crippen molar-refractivity contribution in [3.8, 4) is 0 Å². The summed E-state index contributed by atoms with van der Waals surface area (Å²) in [4.78, 5) is 2.39. The minimum atomic E-state index is 0.554. The smallest absolute Gasteiger partial charge is 0.0396 e. The molecule has 2 nitrogen and oxygen atoms in total. The molecule has 0 bridgehead atoms. The van der Waals surface area contributed by atoms with E-state index in [9.17, 15) is 0 Å². The molecule has 1 atom stereocenters. The van der Waals surface area contributed by atoms with Gasteiger partial charge in [-0.05, 0) is 49.4 Å². The van der Waals surface area contributed by atoms with Gasteiger partial charge in [0.25, 0.3) is 0 Å². The summed E-state index contributed by atoms with van der Waals surface area (Å²) in [6.45, 7) is 15.6. The highest BCUT2D eigenvalue weighted by Gasteiger charge is 2.15. The van der Waals surface area contributed by atoms with Gasteiger partial charge in [0.2, 0.25) is 0 Å². The molecule has 0 spiro atoms. The minimum Gasteiger partial charge on any atom is -0.371 e. The molecule has 0 aliphatic rings. The molecular formula is C18H32N2. The summed E-state index contributed by atoms with van der Waals surface area (Å²) in [6.07, 6.45) is 0. The van der Waals surface area contributed by atoms with E-state index >= 15 is 0 Å². The fraction of sp³-hybridized carbons (Fsp3) is 0.667. The number of aryl methyl sites for hydroxylation is 1. The van der Waals surface area contributed by atoms with Gasteiger partial charge < -0.3 is 10.2 Å². The third-order valence-corrected chi connectivity index (χ3v) is 4.10. The molecule has 20 heavy (non-hydrogen) atoms. The number of nitrogens with one attached hydrogen (secondary N) is 1. The Morgan fingerprint density at radius 1 is 1.10 bits per heavy atom. The lowest BCUT2D eigenvalue weighted by Gasteiger charge is -2.31. The number of benzene rings is 1. The second-order valence-corrected chi connectivity index (χ2v) is 6.74. The van der Waals surface area contributed by atoms with E-state index in [1.54, 1.807) is 0 Å². The molecule has 0 fully saturated rings. The van der Waals surface area contributed by atoms with E-state index in [1.807, 2.05) is 0 Å². The zero-order valence-corrected chi connectivity index (χ0v) is 14.3. The molecule has 0 radical (unpaired) electrons. The van der Waals surface area contributed by atoms with Crippen LogP contribution in [-0.4, -0.2) is 19.6 Å². The topological polar surface area (TPSA) is 15.3 Å². The standard InChI is InChI=1S/C18H32N2/c1-13(2)11-19-12-17-8-9-18(15(5)10-17)20(7)16(6)14(3)4/h8-10,13-14,16,19H,11-12H2,1-7H3. The molecule has 1 aromatic carbocycles. The van der Waals surface area contributed by atoms with Crippen LogP contribution >= 0.6 is 0 Å². The first-order chi connectivity index (χ1) is 9.32. The van der Waals surface area contributed by atoms with Gasteiger partial charge in [0.15, 0.2) is 0 Å². The maximum absolute atomic E-state index is 3.50. The van der Waals surface area contributed by atoms with Crippen LogP contribution in [0.1, 0.15) is 45.7 Å². The van der Waals surface area contributed by atoms with Gasteiger partial charge in [-0.3, -0.25) is 0 Å². The van der Waals surface area contributed by atoms with E-state index in [1.165, 1.54) is 16.8 Å². The van der Waals surface area contributed by atoms with E-state index in [4.69, 9.17) is 0 Å². The number of hydrogen-bond acceptors (Lipinski definition) is 2. The Labute approximate surface area is 125 Å². The van der Waals surface area contributed by atoms with Crippen LogP contribution < -0.4 is 10.2 Å². The molecule has 0 aliphatic heterocycles. The predicted octanol–water partition coefficient (Wildman–Crippen LogP) is 4.22. The lowest BCUT2D eigenvalue weighted by Crippen LogP contribution is -2.33. The summed E-state index contributed by atoms with van der Waals surface area (Å²) < 4.78 is 0. The molecule has 0 saturated carbocycles. The van der Waals surface area contributed by atoms with Crippen LogP contribution in [0.15, 0.2) is 18.2 Å². The molecule has 0 heterocycles. The summed E-state index contributed by atoms with van der Waals surface area (Å²) in [5.41, 5.74) is 4.08. The zero-order valence-electron chi connectivity index (χ0n) is 14.3. The van der Waals surface area contributed by atoms with Crippen LogP contribution in [0, 0.1) is 18.8 Å². The normalized spacial score (nSPS) is 13.1. The second-order valence-electron chi connectivity index (χ2n) is 6.74. The summed E-state index contributed by atoms with van der Waals surface area (Å²) in [7, 11) is 2.20. The summed E-state index contributed by atoms with van der Waals surface area (Å²) in [5, 5.41) is 3.50. The molecule has 2 heteroatoms. The van der Waals surface area contributed by atoms with E-state index in [0.717, 1.165) is 13.1 Å². The van der Waals surface area contributed by atoms with Gasteiger partial charge in [-0.2, -0.15) is 0 Å². The van der Waals surface area contributed by atoms with Crippen molar-refractivity contribution in [3.63, 3.8) is 0 Å². The third-order valence-electron chi connectivity index (χ3n) is 4.10. The van der Waals surface area contributed by atoms with Crippen LogP contribution in [0.2, 0.25) is 0 Å². The lowest BCUT2D eigenvalue weighted by molar-refractivity contribution is 0.505. The van der Waals surface area contributed by atoms with Crippen molar-refractivity contribution in [2.75, 3.05) is 18.5 Å². The van der Waals surface area contributed by atoms with Crippen molar-refractivity contribution < 1.29 is 0 Å². The van der Waals surface area contributed by atoms with Crippen molar-refractivity contribution in [1.29, 1.82) is 0 Å². The number of anilines is 1. The van der Waals surface area contributed by atoms with E-state index in [2.05, 4.69) is 77.0 Å². The van der Waals surface area contributed by atoms with Crippen molar-refractivity contribution >= 4 is 5.69 Å². The number of rotatable bonds is 7. The molecule has 0 amide bonds. The van der Waals surface area contributed by atoms with Crippen LogP contribution in [0.25, 0.3) is 0 Å². The van der Waals surface area contributed by atoms with Crippen LogP contribution in [-0.2, 0) is 6.54 Å². The van der Waals surface area contributed by atoms with E-state index < -0.39 is 0 Å². The molecule has 1 rings (SSSR count). The summed E-state index contributed by atoms with van der Waals surface area (Å²) >= 11 is 0. The largest absolute Gasteiger partial charge is 0.371 e. The van der Waals surface area contributed by atoms with Crippen LogP contribution in [0.4, 0.5) is 5.69 Å². The molecule has 1 N–H and O–H groups in total. The fourth-order valence-electron chi connectivity index (χ4n) is 2.40. The van der Waals surface area contributed by atoms with Gasteiger partial charge in [0.1, 0.15) is 0 Å². The maximum atomic E-state index is 3.50. The highest BCUT2D eigenvalue weighted by atomic mass is 15.1. The van der Waals surface area contributed by atoms with Crippen LogP contribution in [0.3, 0.4) is 0 Å². The monoisotopic (exact) mass is 276 g/mol. The Morgan fingerprint density at radius 2 is 1.75 bits per heavy atom. The molecular weight excluding hydrogens is 244 g/mol. The first kappa shape index (κ1) is 17.0. The number of nitrogens with zero attached hydrogens (tertiary/aromatic N) is 1. The van der Waals surface area contributed by atoms with Gasteiger partial charge >= 0.3 is 0 Å². The van der Waals surface area contributed by atoms with Crippen molar-refractivity contribution in [2.45, 2.75) is 54.1 Å². The second kappa shape index (κ2) is 7.68. The van der Waals surface area contributed by atoms with Gasteiger partial charge in [-0.25, -0.2) is 0 Å². The Bertz CT molecular complexity index is 410. The maximum Gasteiger partial charge on any atom is 0.0396 e. The van der Waals surface area contributed by atoms with Crippen molar-refractivity contribution in [1.82, 2.24) is 5.32 Å². The van der Waals surface area contributed by atoms with E-state index in [0.29, 0.717) is 17.9 Å².